The van der Waals surface area contributed by atoms with Gasteiger partial charge in [-0.05, 0) is 55.1 Å². The SMILES string of the molecule is CCN(CC)CCN1C(=O)C(=O)/C(=C(/O)c2cc(C)ccc2C)C1c1ccc(C(C)(C)C)cc1. The lowest BCUT2D eigenvalue weighted by molar-refractivity contribution is -0.140. The molecule has 1 aliphatic rings. The van der Waals surface area contributed by atoms with Crippen LogP contribution in [0.25, 0.3) is 5.76 Å². The smallest absolute Gasteiger partial charge is 0.295 e. The number of Topliss-reactive ketones (excluding diaryl/α,β-unsaturated/α-hetero) is 1. The van der Waals surface area contributed by atoms with Crippen molar-refractivity contribution in [1.82, 2.24) is 9.80 Å². The van der Waals surface area contributed by atoms with Gasteiger partial charge in [-0.2, -0.15) is 0 Å². The lowest BCUT2D eigenvalue weighted by atomic mass is 9.85. The Morgan fingerprint density at radius 1 is 1.00 bits per heavy atom. The van der Waals surface area contributed by atoms with Gasteiger partial charge in [-0.25, -0.2) is 0 Å². The molecule has 1 aliphatic heterocycles. The molecule has 1 atom stereocenters. The van der Waals surface area contributed by atoms with Crippen LogP contribution < -0.4 is 0 Å². The number of hydrogen-bond acceptors (Lipinski definition) is 4. The number of aliphatic hydroxyl groups is 1. The summed E-state index contributed by atoms with van der Waals surface area (Å²) >= 11 is 0. The van der Waals surface area contributed by atoms with Crippen molar-refractivity contribution in [2.45, 2.75) is 59.9 Å². The van der Waals surface area contributed by atoms with Gasteiger partial charge in [0.25, 0.3) is 11.7 Å². The molecule has 0 spiro atoms. The summed E-state index contributed by atoms with van der Waals surface area (Å²) in [6.45, 7) is 17.3. The zero-order chi connectivity index (χ0) is 25.2. The second-order valence-electron chi connectivity index (χ2n) is 10.2. The minimum atomic E-state index is -0.622. The van der Waals surface area contributed by atoms with Crippen LogP contribution in [0, 0.1) is 13.8 Å². The molecule has 1 N–H and O–H groups in total. The summed E-state index contributed by atoms with van der Waals surface area (Å²) in [4.78, 5) is 30.4. The molecule has 1 amide bonds. The monoisotopic (exact) mass is 462 g/mol. The van der Waals surface area contributed by atoms with Crippen molar-refractivity contribution >= 4 is 17.4 Å². The molecule has 0 saturated carbocycles. The normalized spacial score (nSPS) is 18.2. The molecular formula is C29H38N2O3. The van der Waals surface area contributed by atoms with E-state index >= 15 is 0 Å². The number of aryl methyl sites for hydroxylation is 2. The summed E-state index contributed by atoms with van der Waals surface area (Å²) in [5.74, 6) is -1.28. The number of nitrogens with zero attached hydrogens (tertiary/aromatic N) is 2. The Balaban J connectivity index is 2.15. The van der Waals surface area contributed by atoms with Crippen LogP contribution in [0.1, 0.15) is 68.5 Å². The third kappa shape index (κ3) is 5.10. The second-order valence-corrected chi connectivity index (χ2v) is 10.2. The van der Waals surface area contributed by atoms with Crippen molar-refractivity contribution in [3.8, 4) is 0 Å². The van der Waals surface area contributed by atoms with Crippen molar-refractivity contribution in [3.63, 3.8) is 0 Å². The van der Waals surface area contributed by atoms with E-state index in [9.17, 15) is 14.7 Å². The Bertz CT molecular complexity index is 1090. The number of aliphatic hydroxyl groups excluding tert-OH is 1. The van der Waals surface area contributed by atoms with E-state index in [-0.39, 0.29) is 16.7 Å². The van der Waals surface area contributed by atoms with Gasteiger partial charge in [-0.1, -0.05) is 76.6 Å². The molecule has 1 unspecified atom stereocenters. The maximum Gasteiger partial charge on any atom is 0.295 e. The number of likely N-dealkylation sites (tertiary alicyclic amines) is 1. The molecule has 2 aromatic carbocycles. The predicted molar refractivity (Wildman–Crippen MR) is 138 cm³/mol. The highest BCUT2D eigenvalue weighted by Crippen LogP contribution is 2.40. The Hall–Kier alpha value is -2.92. The molecule has 1 heterocycles. The van der Waals surface area contributed by atoms with Crippen LogP contribution in [-0.2, 0) is 15.0 Å². The molecule has 182 valence electrons. The van der Waals surface area contributed by atoms with E-state index in [1.54, 1.807) is 4.90 Å². The molecule has 0 radical (unpaired) electrons. The van der Waals surface area contributed by atoms with Gasteiger partial charge in [0.05, 0.1) is 11.6 Å². The number of likely N-dealkylation sites (N-methyl/N-ethyl adjacent to an activating group) is 1. The van der Waals surface area contributed by atoms with Gasteiger partial charge in [0, 0.05) is 18.7 Å². The van der Waals surface area contributed by atoms with Crippen molar-refractivity contribution in [3.05, 3.63) is 75.9 Å². The Morgan fingerprint density at radius 2 is 1.62 bits per heavy atom. The molecule has 2 aromatic rings. The average Bonchev–Trinajstić information content (AvgIpc) is 3.05. The van der Waals surface area contributed by atoms with Crippen LogP contribution in [0.5, 0.6) is 0 Å². The lowest BCUT2D eigenvalue weighted by Gasteiger charge is -2.29. The molecule has 1 fully saturated rings. The first-order chi connectivity index (χ1) is 16.0. The molecule has 0 bridgehead atoms. The van der Waals surface area contributed by atoms with Gasteiger partial charge in [0.1, 0.15) is 5.76 Å². The molecule has 34 heavy (non-hydrogen) atoms. The number of hydrogen-bond donors (Lipinski definition) is 1. The number of benzene rings is 2. The molecule has 5 heteroatoms. The number of amides is 1. The summed E-state index contributed by atoms with van der Waals surface area (Å²) in [5.41, 5.74) is 4.60. The minimum absolute atomic E-state index is 0.0121. The van der Waals surface area contributed by atoms with Gasteiger partial charge < -0.3 is 14.9 Å². The Morgan fingerprint density at radius 3 is 2.18 bits per heavy atom. The zero-order valence-electron chi connectivity index (χ0n) is 21.6. The van der Waals surface area contributed by atoms with E-state index in [0.29, 0.717) is 18.7 Å². The van der Waals surface area contributed by atoms with Gasteiger partial charge in [0.2, 0.25) is 0 Å². The number of carbonyl (C=O) groups excluding carboxylic acids is 2. The van der Waals surface area contributed by atoms with E-state index in [2.05, 4.69) is 51.7 Å². The minimum Gasteiger partial charge on any atom is -0.507 e. The highest BCUT2D eigenvalue weighted by atomic mass is 16.3. The third-order valence-corrected chi connectivity index (χ3v) is 6.83. The van der Waals surface area contributed by atoms with E-state index < -0.39 is 17.7 Å². The van der Waals surface area contributed by atoms with Crippen LogP contribution >= 0.6 is 0 Å². The maximum atomic E-state index is 13.3. The van der Waals surface area contributed by atoms with Crippen LogP contribution in [0.3, 0.4) is 0 Å². The molecule has 0 aliphatic carbocycles. The van der Waals surface area contributed by atoms with Crippen molar-refractivity contribution in [2.75, 3.05) is 26.2 Å². The molecule has 1 saturated heterocycles. The van der Waals surface area contributed by atoms with Crippen LogP contribution in [0.2, 0.25) is 0 Å². The molecule has 0 aromatic heterocycles. The Kier molecular flexibility index (Phi) is 7.67. The second kappa shape index (κ2) is 10.1. The average molecular weight is 463 g/mol. The number of carbonyl (C=O) groups is 2. The van der Waals surface area contributed by atoms with E-state index in [0.717, 1.165) is 29.8 Å². The van der Waals surface area contributed by atoms with E-state index in [1.165, 1.54) is 5.56 Å². The fourth-order valence-electron chi connectivity index (χ4n) is 4.55. The Labute approximate surface area is 204 Å². The summed E-state index contributed by atoms with van der Waals surface area (Å²) in [6.07, 6.45) is 0. The van der Waals surface area contributed by atoms with Crippen molar-refractivity contribution < 1.29 is 14.7 Å². The summed E-state index contributed by atoms with van der Waals surface area (Å²) < 4.78 is 0. The summed E-state index contributed by atoms with van der Waals surface area (Å²) in [6, 6.07) is 13.2. The van der Waals surface area contributed by atoms with Gasteiger partial charge in [-0.3, -0.25) is 9.59 Å². The quantitative estimate of drug-likeness (QED) is 0.342. The predicted octanol–water partition coefficient (Wildman–Crippen LogP) is 5.36. The zero-order valence-corrected chi connectivity index (χ0v) is 21.6. The van der Waals surface area contributed by atoms with Crippen molar-refractivity contribution in [2.24, 2.45) is 0 Å². The van der Waals surface area contributed by atoms with Crippen LogP contribution in [0.4, 0.5) is 0 Å². The fraction of sp³-hybridized carbons (Fsp3) is 0.448. The highest BCUT2D eigenvalue weighted by Gasteiger charge is 2.46. The van der Waals surface area contributed by atoms with Crippen LogP contribution in [0.15, 0.2) is 48.0 Å². The number of rotatable bonds is 7. The highest BCUT2D eigenvalue weighted by molar-refractivity contribution is 6.46. The summed E-state index contributed by atoms with van der Waals surface area (Å²) in [7, 11) is 0. The van der Waals surface area contributed by atoms with Gasteiger partial charge in [0.15, 0.2) is 0 Å². The topological polar surface area (TPSA) is 60.9 Å². The lowest BCUT2D eigenvalue weighted by Crippen LogP contribution is -2.38. The third-order valence-electron chi connectivity index (χ3n) is 6.83. The molecule has 3 rings (SSSR count). The molecule has 5 nitrogen and oxygen atoms in total. The standard InChI is InChI=1S/C29H38N2O3/c1-8-30(9-2)16-17-31-25(21-12-14-22(15-13-21)29(5,6)7)24(27(33)28(31)34)26(32)23-18-19(3)10-11-20(23)4/h10-15,18,25,32H,8-9,16-17H2,1-7H3/b26-24+. The first-order valence-corrected chi connectivity index (χ1v) is 12.2. The van der Waals surface area contributed by atoms with E-state index in [1.807, 2.05) is 44.2 Å². The first-order valence-electron chi connectivity index (χ1n) is 12.2. The first kappa shape index (κ1) is 25.7. The van der Waals surface area contributed by atoms with Gasteiger partial charge in [-0.15, -0.1) is 0 Å². The fourth-order valence-corrected chi connectivity index (χ4v) is 4.55. The maximum absolute atomic E-state index is 13.3. The van der Waals surface area contributed by atoms with Gasteiger partial charge >= 0.3 is 0 Å². The van der Waals surface area contributed by atoms with Crippen molar-refractivity contribution in [1.29, 1.82) is 0 Å². The number of ketones is 1. The molecular weight excluding hydrogens is 424 g/mol. The largest absolute Gasteiger partial charge is 0.507 e. The summed E-state index contributed by atoms with van der Waals surface area (Å²) in [5, 5.41) is 11.4. The van der Waals surface area contributed by atoms with E-state index in [4.69, 9.17) is 0 Å². The van der Waals surface area contributed by atoms with Crippen LogP contribution in [-0.4, -0.2) is 52.8 Å².